The molecule has 1 heterocycles. The van der Waals surface area contributed by atoms with Gasteiger partial charge in [0, 0.05) is 25.0 Å². The summed E-state index contributed by atoms with van der Waals surface area (Å²) in [5, 5.41) is 4.39. The molecule has 0 aliphatic carbocycles. The number of likely N-dealkylation sites (N-methyl/N-ethyl adjacent to an activating group) is 1. The maximum Gasteiger partial charge on any atom is 0.0738 e. The zero-order valence-electron chi connectivity index (χ0n) is 11.6. The average Bonchev–Trinajstić information content (AvgIpc) is 2.44. The minimum Gasteiger partial charge on any atom is -0.326 e. The quantitative estimate of drug-likeness (QED) is 0.921. The lowest BCUT2D eigenvalue weighted by atomic mass is 9.90. The molecule has 1 atom stereocenters. The first-order chi connectivity index (χ1) is 7.67. The minimum absolute atomic E-state index is 0.0440. The second-order valence-electron chi connectivity index (χ2n) is 5.33. The van der Waals surface area contributed by atoms with Gasteiger partial charge in [0.05, 0.1) is 15.9 Å². The Kier molecular flexibility index (Phi) is 4.38. The maximum atomic E-state index is 6.33. The zero-order chi connectivity index (χ0) is 13.4. The lowest BCUT2D eigenvalue weighted by Crippen LogP contribution is -2.54. The standard InChI is InChI=1S/C12H23BrN4/c1-8-11(13)9(17(6)15-8)7-10(14)12(2,3)16(4)5/h10H,7,14H2,1-6H3. The van der Waals surface area contributed by atoms with Crippen molar-refractivity contribution in [2.75, 3.05) is 14.1 Å². The number of hydrogen-bond acceptors (Lipinski definition) is 3. The van der Waals surface area contributed by atoms with E-state index >= 15 is 0 Å². The van der Waals surface area contributed by atoms with Gasteiger partial charge in [0.1, 0.15) is 0 Å². The third-order valence-electron chi connectivity index (χ3n) is 3.73. The van der Waals surface area contributed by atoms with Crippen LogP contribution in [0.1, 0.15) is 25.2 Å². The van der Waals surface area contributed by atoms with Crippen molar-refractivity contribution in [2.45, 2.75) is 38.8 Å². The Morgan fingerprint density at radius 3 is 2.35 bits per heavy atom. The van der Waals surface area contributed by atoms with E-state index in [9.17, 15) is 0 Å². The van der Waals surface area contributed by atoms with Crippen LogP contribution in [-0.2, 0) is 13.5 Å². The molecule has 2 N–H and O–H groups in total. The highest BCUT2D eigenvalue weighted by molar-refractivity contribution is 9.10. The molecule has 0 fully saturated rings. The van der Waals surface area contributed by atoms with Crippen LogP contribution in [0.2, 0.25) is 0 Å². The van der Waals surface area contributed by atoms with Crippen LogP contribution in [0.15, 0.2) is 4.47 Å². The molecule has 5 heteroatoms. The second-order valence-corrected chi connectivity index (χ2v) is 6.12. The molecule has 0 aromatic carbocycles. The topological polar surface area (TPSA) is 47.1 Å². The molecule has 0 aliphatic rings. The molecule has 0 bridgehead atoms. The first-order valence-electron chi connectivity index (χ1n) is 5.79. The molecule has 0 aliphatic heterocycles. The number of rotatable bonds is 4. The summed E-state index contributed by atoms with van der Waals surface area (Å²) >= 11 is 3.58. The van der Waals surface area contributed by atoms with Crippen LogP contribution in [0.25, 0.3) is 0 Å². The van der Waals surface area contributed by atoms with Crippen molar-refractivity contribution in [3.05, 3.63) is 15.9 Å². The Bertz CT molecular complexity index is 395. The van der Waals surface area contributed by atoms with Gasteiger partial charge in [-0.15, -0.1) is 0 Å². The Hall–Kier alpha value is -0.390. The van der Waals surface area contributed by atoms with Crippen LogP contribution in [0, 0.1) is 6.92 Å². The van der Waals surface area contributed by atoms with Crippen LogP contribution in [0.4, 0.5) is 0 Å². The summed E-state index contributed by atoms with van der Waals surface area (Å²) in [6, 6.07) is 0.0589. The molecule has 0 amide bonds. The first kappa shape index (κ1) is 14.7. The van der Waals surface area contributed by atoms with Gasteiger partial charge in [-0.3, -0.25) is 4.68 Å². The van der Waals surface area contributed by atoms with Gasteiger partial charge >= 0.3 is 0 Å². The number of nitrogens with two attached hydrogens (primary N) is 1. The molecule has 1 aromatic heterocycles. The van der Waals surface area contributed by atoms with Gasteiger partial charge in [0.15, 0.2) is 0 Å². The van der Waals surface area contributed by atoms with Crippen molar-refractivity contribution >= 4 is 15.9 Å². The summed E-state index contributed by atoms with van der Waals surface area (Å²) in [5.74, 6) is 0. The highest BCUT2D eigenvalue weighted by Gasteiger charge is 2.30. The Balaban J connectivity index is 2.92. The zero-order valence-corrected chi connectivity index (χ0v) is 13.2. The van der Waals surface area contributed by atoms with Crippen LogP contribution >= 0.6 is 15.9 Å². The van der Waals surface area contributed by atoms with E-state index in [0.29, 0.717) is 0 Å². The predicted octanol–water partition coefficient (Wildman–Crippen LogP) is 1.70. The van der Waals surface area contributed by atoms with Crippen molar-refractivity contribution in [3.8, 4) is 0 Å². The van der Waals surface area contributed by atoms with E-state index in [1.165, 1.54) is 0 Å². The molecular formula is C12H23BrN4. The van der Waals surface area contributed by atoms with E-state index in [1.54, 1.807) is 0 Å². The summed E-state index contributed by atoms with van der Waals surface area (Å²) in [7, 11) is 6.08. The van der Waals surface area contributed by atoms with Crippen molar-refractivity contribution in [1.82, 2.24) is 14.7 Å². The van der Waals surface area contributed by atoms with E-state index in [0.717, 1.165) is 22.3 Å². The molecule has 0 spiro atoms. The van der Waals surface area contributed by atoms with Gasteiger partial charge in [-0.05, 0) is 50.8 Å². The van der Waals surface area contributed by atoms with E-state index in [2.05, 4.69) is 53.9 Å². The summed E-state index contributed by atoms with van der Waals surface area (Å²) in [4.78, 5) is 2.16. The third-order valence-corrected chi connectivity index (χ3v) is 4.77. The Morgan fingerprint density at radius 2 is 2.00 bits per heavy atom. The summed E-state index contributed by atoms with van der Waals surface area (Å²) in [6.45, 7) is 6.32. The van der Waals surface area contributed by atoms with Crippen molar-refractivity contribution in [3.63, 3.8) is 0 Å². The van der Waals surface area contributed by atoms with Crippen LogP contribution in [0.5, 0.6) is 0 Å². The number of hydrogen-bond donors (Lipinski definition) is 1. The molecule has 1 aromatic rings. The fraction of sp³-hybridized carbons (Fsp3) is 0.750. The maximum absolute atomic E-state index is 6.33. The van der Waals surface area contributed by atoms with E-state index < -0.39 is 0 Å². The van der Waals surface area contributed by atoms with Gasteiger partial charge in [-0.2, -0.15) is 5.10 Å². The summed E-state index contributed by atoms with van der Waals surface area (Å²) in [6.07, 6.45) is 0.809. The van der Waals surface area contributed by atoms with Crippen molar-refractivity contribution in [1.29, 1.82) is 0 Å². The fourth-order valence-corrected chi connectivity index (χ4v) is 2.19. The Labute approximate surface area is 112 Å². The lowest BCUT2D eigenvalue weighted by Gasteiger charge is -2.38. The first-order valence-corrected chi connectivity index (χ1v) is 6.58. The van der Waals surface area contributed by atoms with E-state index in [-0.39, 0.29) is 11.6 Å². The molecule has 0 saturated heterocycles. The smallest absolute Gasteiger partial charge is 0.0738 e. The molecule has 1 rings (SSSR count). The molecule has 17 heavy (non-hydrogen) atoms. The largest absolute Gasteiger partial charge is 0.326 e. The van der Waals surface area contributed by atoms with Crippen LogP contribution in [-0.4, -0.2) is 40.4 Å². The molecule has 4 nitrogen and oxygen atoms in total. The molecule has 0 radical (unpaired) electrons. The van der Waals surface area contributed by atoms with Gasteiger partial charge < -0.3 is 10.6 Å². The van der Waals surface area contributed by atoms with Crippen molar-refractivity contribution < 1.29 is 0 Å². The van der Waals surface area contributed by atoms with Gasteiger partial charge in [-0.25, -0.2) is 0 Å². The van der Waals surface area contributed by atoms with Crippen LogP contribution in [0.3, 0.4) is 0 Å². The fourth-order valence-electron chi connectivity index (χ4n) is 1.69. The van der Waals surface area contributed by atoms with E-state index in [1.807, 2.05) is 18.7 Å². The number of halogens is 1. The second kappa shape index (κ2) is 5.08. The highest BCUT2D eigenvalue weighted by atomic mass is 79.9. The monoisotopic (exact) mass is 302 g/mol. The van der Waals surface area contributed by atoms with E-state index in [4.69, 9.17) is 5.73 Å². The molecule has 1 unspecified atom stereocenters. The number of aromatic nitrogens is 2. The summed E-state index contributed by atoms with van der Waals surface area (Å²) < 4.78 is 2.98. The third kappa shape index (κ3) is 2.89. The Morgan fingerprint density at radius 1 is 1.47 bits per heavy atom. The van der Waals surface area contributed by atoms with Gasteiger partial charge in [0.25, 0.3) is 0 Å². The average molecular weight is 303 g/mol. The SMILES string of the molecule is Cc1nn(C)c(CC(N)C(C)(C)N(C)C)c1Br. The normalized spacial score (nSPS) is 14.4. The molecular weight excluding hydrogens is 280 g/mol. The van der Waals surface area contributed by atoms with Gasteiger partial charge in [0.2, 0.25) is 0 Å². The lowest BCUT2D eigenvalue weighted by molar-refractivity contribution is 0.156. The molecule has 98 valence electrons. The number of nitrogens with zero attached hydrogens (tertiary/aromatic N) is 3. The number of aryl methyl sites for hydroxylation is 2. The van der Waals surface area contributed by atoms with Crippen molar-refractivity contribution in [2.24, 2.45) is 12.8 Å². The van der Waals surface area contributed by atoms with Gasteiger partial charge in [-0.1, -0.05) is 0 Å². The summed E-state index contributed by atoms with van der Waals surface area (Å²) in [5.41, 5.74) is 8.45. The van der Waals surface area contributed by atoms with Crippen LogP contribution < -0.4 is 5.73 Å². The highest BCUT2D eigenvalue weighted by Crippen LogP contribution is 2.24. The molecule has 0 saturated carbocycles. The predicted molar refractivity (Wildman–Crippen MR) is 75.1 cm³/mol. The minimum atomic E-state index is -0.0440.